The van der Waals surface area contributed by atoms with Crippen molar-refractivity contribution >= 4 is 18.3 Å². The van der Waals surface area contributed by atoms with E-state index in [-0.39, 0.29) is 18.3 Å². The van der Waals surface area contributed by atoms with Gasteiger partial charge in [0, 0.05) is 19.1 Å². The molecule has 0 radical (unpaired) electrons. The van der Waals surface area contributed by atoms with Crippen LogP contribution in [0.2, 0.25) is 0 Å². The lowest BCUT2D eigenvalue weighted by Crippen LogP contribution is -2.43. The van der Waals surface area contributed by atoms with Gasteiger partial charge >= 0.3 is 0 Å². The maximum absolute atomic E-state index is 12.8. The van der Waals surface area contributed by atoms with Crippen LogP contribution < -0.4 is 10.1 Å². The third kappa shape index (κ3) is 4.14. The van der Waals surface area contributed by atoms with E-state index in [0.29, 0.717) is 11.9 Å². The van der Waals surface area contributed by atoms with Gasteiger partial charge in [-0.3, -0.25) is 4.79 Å². The van der Waals surface area contributed by atoms with Crippen LogP contribution in [0.3, 0.4) is 0 Å². The molecule has 1 heterocycles. The van der Waals surface area contributed by atoms with E-state index >= 15 is 0 Å². The summed E-state index contributed by atoms with van der Waals surface area (Å²) in [5, 5.41) is 3.34. The van der Waals surface area contributed by atoms with E-state index in [1.165, 1.54) is 5.56 Å². The molecule has 0 aromatic heterocycles. The number of benzene rings is 1. The number of carbonyl (C=O) groups is 1. The Kier molecular flexibility index (Phi) is 6.09. The van der Waals surface area contributed by atoms with Crippen LogP contribution in [-0.4, -0.2) is 37.0 Å². The highest BCUT2D eigenvalue weighted by Gasteiger charge is 2.36. The van der Waals surface area contributed by atoms with Gasteiger partial charge in [0.15, 0.2) is 0 Å². The van der Waals surface area contributed by atoms with E-state index in [1.807, 2.05) is 12.1 Å². The summed E-state index contributed by atoms with van der Waals surface area (Å²) in [6.45, 7) is 2.61. The van der Waals surface area contributed by atoms with Crippen LogP contribution in [-0.2, 0) is 11.3 Å². The lowest BCUT2D eigenvalue weighted by atomic mass is 9.97. The number of nitrogens with one attached hydrogen (secondary N) is 1. The molecule has 0 spiro atoms. The molecule has 1 saturated carbocycles. The molecule has 0 unspecified atom stereocenters. The summed E-state index contributed by atoms with van der Waals surface area (Å²) in [5.41, 5.74) is 1.18. The van der Waals surface area contributed by atoms with Crippen molar-refractivity contribution < 1.29 is 9.53 Å². The smallest absolute Gasteiger partial charge is 0.227 e. The molecule has 1 atom stereocenters. The summed E-state index contributed by atoms with van der Waals surface area (Å²) < 4.78 is 5.19. The quantitative estimate of drug-likeness (QED) is 0.905. The molecule has 1 saturated heterocycles. The lowest BCUT2D eigenvalue weighted by molar-refractivity contribution is -0.137. The number of piperidine rings is 1. The van der Waals surface area contributed by atoms with Crippen molar-refractivity contribution in [3.63, 3.8) is 0 Å². The standard InChI is InChI=1S/C17H24N2O2.ClH/c1-21-16-8-4-13(5-9-16)12-19(15-6-7-15)17(20)14-3-2-10-18-11-14;/h4-5,8-9,14-15,18H,2-3,6-7,10-12H2,1H3;1H/t14-;/m1./s1. The van der Waals surface area contributed by atoms with Crippen molar-refractivity contribution in [3.8, 4) is 5.75 Å². The van der Waals surface area contributed by atoms with Gasteiger partial charge in [0.05, 0.1) is 13.0 Å². The van der Waals surface area contributed by atoms with Crippen molar-refractivity contribution in [3.05, 3.63) is 29.8 Å². The predicted molar refractivity (Wildman–Crippen MR) is 89.4 cm³/mol. The predicted octanol–water partition coefficient (Wildman–Crippen LogP) is 2.61. The molecule has 0 bridgehead atoms. The van der Waals surface area contributed by atoms with Crippen molar-refractivity contribution in [2.24, 2.45) is 5.92 Å². The Labute approximate surface area is 138 Å². The van der Waals surface area contributed by atoms with Crippen LogP contribution in [0, 0.1) is 5.92 Å². The van der Waals surface area contributed by atoms with Gasteiger partial charge in [-0.15, -0.1) is 12.4 Å². The Morgan fingerprint density at radius 2 is 2.00 bits per heavy atom. The summed E-state index contributed by atoms with van der Waals surface area (Å²) in [6, 6.07) is 8.50. The topological polar surface area (TPSA) is 41.6 Å². The maximum atomic E-state index is 12.8. The summed E-state index contributed by atoms with van der Waals surface area (Å²) in [4.78, 5) is 14.9. The first-order valence-corrected chi connectivity index (χ1v) is 7.92. The highest BCUT2D eigenvalue weighted by molar-refractivity contribution is 5.85. The van der Waals surface area contributed by atoms with Gasteiger partial charge in [-0.1, -0.05) is 12.1 Å². The molecule has 1 amide bonds. The summed E-state index contributed by atoms with van der Waals surface area (Å²) >= 11 is 0. The Hall–Kier alpha value is -1.26. The van der Waals surface area contributed by atoms with Crippen LogP contribution in [0.15, 0.2) is 24.3 Å². The molecule has 2 fully saturated rings. The number of methoxy groups -OCH3 is 1. The van der Waals surface area contributed by atoms with Gasteiger partial charge in [0.25, 0.3) is 0 Å². The highest BCUT2D eigenvalue weighted by Crippen LogP contribution is 2.31. The minimum absolute atomic E-state index is 0. The van der Waals surface area contributed by atoms with Gasteiger partial charge in [-0.25, -0.2) is 0 Å². The lowest BCUT2D eigenvalue weighted by Gasteiger charge is -2.30. The fourth-order valence-corrected chi connectivity index (χ4v) is 3.00. The fraction of sp³-hybridized carbons (Fsp3) is 0.588. The number of ether oxygens (including phenoxy) is 1. The van der Waals surface area contributed by atoms with Crippen LogP contribution in [0.5, 0.6) is 5.75 Å². The van der Waals surface area contributed by atoms with Crippen molar-refractivity contribution in [1.29, 1.82) is 0 Å². The number of hydrogen-bond acceptors (Lipinski definition) is 3. The Bertz CT molecular complexity index is 482. The molecular formula is C17H25ClN2O2. The first-order chi connectivity index (χ1) is 10.3. The summed E-state index contributed by atoms with van der Waals surface area (Å²) in [7, 11) is 1.67. The monoisotopic (exact) mass is 324 g/mol. The molecule has 3 rings (SSSR count). The molecule has 4 nitrogen and oxygen atoms in total. The van der Waals surface area contributed by atoms with E-state index in [9.17, 15) is 4.79 Å². The Balaban J connectivity index is 0.00000176. The number of rotatable bonds is 5. The number of hydrogen-bond donors (Lipinski definition) is 1. The fourth-order valence-electron chi connectivity index (χ4n) is 3.00. The van der Waals surface area contributed by atoms with Gasteiger partial charge in [0.1, 0.15) is 5.75 Å². The molecule has 5 heteroatoms. The average Bonchev–Trinajstić information content (AvgIpc) is 3.38. The number of nitrogens with zero attached hydrogens (tertiary/aromatic N) is 1. The normalized spacial score (nSPS) is 20.9. The summed E-state index contributed by atoms with van der Waals surface area (Å²) in [5.74, 6) is 1.36. The highest BCUT2D eigenvalue weighted by atomic mass is 35.5. The second-order valence-corrected chi connectivity index (χ2v) is 6.09. The SMILES string of the molecule is COc1ccc(CN(C(=O)[C@@H]2CCCNC2)C2CC2)cc1.Cl. The molecule has 1 aromatic rings. The largest absolute Gasteiger partial charge is 0.497 e. The van der Waals surface area contributed by atoms with E-state index < -0.39 is 0 Å². The first-order valence-electron chi connectivity index (χ1n) is 7.92. The minimum Gasteiger partial charge on any atom is -0.497 e. The third-order valence-electron chi connectivity index (χ3n) is 4.43. The van der Waals surface area contributed by atoms with Gasteiger partial charge < -0.3 is 15.0 Å². The van der Waals surface area contributed by atoms with Gasteiger partial charge in [-0.05, 0) is 49.9 Å². The molecular weight excluding hydrogens is 300 g/mol. The van der Waals surface area contributed by atoms with Crippen molar-refractivity contribution in [2.75, 3.05) is 20.2 Å². The molecule has 1 aliphatic carbocycles. The third-order valence-corrected chi connectivity index (χ3v) is 4.43. The molecule has 1 aromatic carbocycles. The number of amides is 1. The molecule has 1 aliphatic heterocycles. The van der Waals surface area contributed by atoms with Crippen molar-refractivity contribution in [1.82, 2.24) is 10.2 Å². The number of halogens is 1. The second-order valence-electron chi connectivity index (χ2n) is 6.09. The van der Waals surface area contributed by atoms with Crippen molar-refractivity contribution in [2.45, 2.75) is 38.3 Å². The second kappa shape index (κ2) is 7.84. The molecule has 2 aliphatic rings. The summed E-state index contributed by atoms with van der Waals surface area (Å²) in [6.07, 6.45) is 4.44. The molecule has 22 heavy (non-hydrogen) atoms. The molecule has 122 valence electrons. The zero-order valence-corrected chi connectivity index (χ0v) is 13.9. The van der Waals surface area contributed by atoms with E-state index in [2.05, 4.69) is 22.3 Å². The van der Waals surface area contributed by atoms with Crippen LogP contribution >= 0.6 is 12.4 Å². The average molecular weight is 325 g/mol. The Morgan fingerprint density at radius 1 is 1.27 bits per heavy atom. The Morgan fingerprint density at radius 3 is 2.55 bits per heavy atom. The van der Waals surface area contributed by atoms with E-state index in [1.54, 1.807) is 7.11 Å². The van der Waals surface area contributed by atoms with E-state index in [4.69, 9.17) is 4.74 Å². The zero-order valence-electron chi connectivity index (χ0n) is 13.1. The number of carbonyl (C=O) groups excluding carboxylic acids is 1. The van der Waals surface area contributed by atoms with Gasteiger partial charge in [-0.2, -0.15) is 0 Å². The van der Waals surface area contributed by atoms with E-state index in [0.717, 1.165) is 51.1 Å². The molecule has 1 N–H and O–H groups in total. The zero-order chi connectivity index (χ0) is 14.7. The van der Waals surface area contributed by atoms with Crippen LogP contribution in [0.4, 0.5) is 0 Å². The van der Waals surface area contributed by atoms with Crippen LogP contribution in [0.25, 0.3) is 0 Å². The van der Waals surface area contributed by atoms with Crippen LogP contribution in [0.1, 0.15) is 31.2 Å². The maximum Gasteiger partial charge on any atom is 0.227 e. The minimum atomic E-state index is 0. The first kappa shape index (κ1) is 17.1. The van der Waals surface area contributed by atoms with Gasteiger partial charge in [0.2, 0.25) is 5.91 Å².